The van der Waals surface area contributed by atoms with Gasteiger partial charge in [0, 0.05) is 0 Å². The van der Waals surface area contributed by atoms with Gasteiger partial charge in [-0.05, 0) is 105 Å². The Hall–Kier alpha value is -3.00. The van der Waals surface area contributed by atoms with E-state index >= 15 is 0 Å². The van der Waals surface area contributed by atoms with E-state index in [1.807, 2.05) is 60.7 Å². The molecule has 7 rings (SSSR count). The predicted octanol–water partition coefficient (Wildman–Crippen LogP) is 6.21. The van der Waals surface area contributed by atoms with E-state index in [0.29, 0.717) is 19.3 Å². The van der Waals surface area contributed by atoms with E-state index < -0.39 is 48.0 Å². The highest BCUT2D eigenvalue weighted by Crippen LogP contribution is 2.57. The van der Waals surface area contributed by atoms with Crippen LogP contribution in [0.25, 0.3) is 4.13 Å². The van der Waals surface area contributed by atoms with Gasteiger partial charge in [0.05, 0.1) is 10.9 Å². The fraction of sp³-hybridized carbons (Fsp3) is 0.367. The number of esters is 1. The first kappa shape index (κ1) is 30.0. The van der Waals surface area contributed by atoms with E-state index in [1.165, 1.54) is 12.1 Å². The molecule has 0 amide bonds. The molecule has 0 atom stereocenters. The number of hydrogen-bond donors (Lipinski definition) is 0. The van der Waals surface area contributed by atoms with Crippen LogP contribution in [-0.2, 0) is 40.8 Å². The van der Waals surface area contributed by atoms with E-state index in [0.717, 1.165) is 33.9 Å². The molecule has 0 unspecified atom stereocenters. The highest BCUT2D eigenvalue weighted by Gasteiger charge is 2.58. The summed E-state index contributed by atoms with van der Waals surface area (Å²) in [7, 11) is -12.2. The van der Waals surface area contributed by atoms with E-state index in [4.69, 9.17) is 8.92 Å². The second kappa shape index (κ2) is 11.2. The zero-order valence-electron chi connectivity index (χ0n) is 22.8. The maximum atomic E-state index is 14.9. The predicted molar refractivity (Wildman–Crippen MR) is 155 cm³/mol. The van der Waals surface area contributed by atoms with Crippen LogP contribution in [0.15, 0.2) is 99.6 Å². The number of carbonyl (C=O) groups excluding carboxylic acids is 1. The average molecular weight is 650 g/mol. The summed E-state index contributed by atoms with van der Waals surface area (Å²) < 4.78 is 92.1. The molecule has 0 spiro atoms. The van der Waals surface area contributed by atoms with Gasteiger partial charge in [-0.25, -0.2) is 21.6 Å². The Morgan fingerprint density at radius 2 is 1.19 bits per heavy atom. The lowest BCUT2D eigenvalue weighted by Crippen LogP contribution is -2.55. The van der Waals surface area contributed by atoms with Crippen molar-refractivity contribution in [3.63, 3.8) is 0 Å². The van der Waals surface area contributed by atoms with Gasteiger partial charge in [-0.15, -0.1) is 0 Å². The first-order valence-corrected chi connectivity index (χ1v) is 17.9. The molecule has 228 valence electrons. The fourth-order valence-electron chi connectivity index (χ4n) is 6.97. The molecule has 8 nitrogen and oxygen atoms in total. The number of hydrogen-bond acceptors (Lipinski definition) is 7. The Balaban J connectivity index is 1.15. The van der Waals surface area contributed by atoms with Gasteiger partial charge in [0.2, 0.25) is 10.3 Å². The molecule has 4 aliphatic rings. The molecular formula is C30H29F2NO7S3. The van der Waals surface area contributed by atoms with Gasteiger partial charge in [0.15, 0.2) is 24.7 Å². The molecule has 0 aliphatic heterocycles. The molecular weight excluding hydrogens is 621 g/mol. The Labute approximate surface area is 252 Å². The van der Waals surface area contributed by atoms with Gasteiger partial charge in [-0.2, -0.15) is 8.78 Å². The Bertz CT molecular complexity index is 1630. The maximum absolute atomic E-state index is 14.9. The minimum Gasteiger partial charge on any atom is -0.454 e. The number of rotatable bonds is 10. The Kier molecular flexibility index (Phi) is 7.81. The monoisotopic (exact) mass is 649 g/mol. The minimum absolute atomic E-state index is 0.241. The van der Waals surface area contributed by atoms with Crippen molar-refractivity contribution in [3.05, 3.63) is 89.1 Å². The van der Waals surface area contributed by atoms with Crippen molar-refractivity contribution in [1.29, 1.82) is 0 Å². The quantitative estimate of drug-likeness (QED) is 0.189. The van der Waals surface area contributed by atoms with Gasteiger partial charge in [0.1, 0.15) is 11.4 Å². The third kappa shape index (κ3) is 6.17. The molecule has 43 heavy (non-hydrogen) atoms. The zero-order valence-corrected chi connectivity index (χ0v) is 25.3. The van der Waals surface area contributed by atoms with Gasteiger partial charge >= 0.3 is 11.2 Å². The van der Waals surface area contributed by atoms with Crippen LogP contribution in [0.1, 0.15) is 38.5 Å². The van der Waals surface area contributed by atoms with E-state index in [2.05, 4.69) is 4.13 Å². The number of sulfonamides is 1. The third-order valence-corrected chi connectivity index (χ3v) is 13.2. The van der Waals surface area contributed by atoms with Crippen molar-refractivity contribution in [2.24, 2.45) is 17.8 Å². The smallest absolute Gasteiger partial charge is 0.424 e. The van der Waals surface area contributed by atoms with Crippen LogP contribution in [0.2, 0.25) is 0 Å². The van der Waals surface area contributed by atoms with Gasteiger partial charge in [0.25, 0.3) is 0 Å². The standard InChI is InChI=1S/C30H29F2NO7S3/c31-30(32,28(34)39-29-18-21-15-22(19-29)17-23(16-21)20-29)42(35,36)33-43(37,38)40-24-11-13-27(14-12-24)41(25-7-3-1-4-8-25)26-9-5-2-6-10-26/h1-14,21-23H,15-20H2. The lowest BCUT2D eigenvalue weighted by molar-refractivity contribution is -0.201. The number of nitrogens with zero attached hydrogens (tertiary/aromatic N) is 1. The average Bonchev–Trinajstić information content (AvgIpc) is 2.93. The summed E-state index contributed by atoms with van der Waals surface area (Å²) in [5.41, 5.74) is -1.15. The highest BCUT2D eigenvalue weighted by atomic mass is 32.3. The van der Waals surface area contributed by atoms with Gasteiger partial charge in [-0.3, -0.25) is 0 Å². The molecule has 4 saturated carbocycles. The summed E-state index contributed by atoms with van der Waals surface area (Å²) in [6.07, 6.45) is 4.01. The summed E-state index contributed by atoms with van der Waals surface area (Å²) >= 11 is 0. The summed E-state index contributed by atoms with van der Waals surface area (Å²) in [6.45, 7) is 0. The number of ether oxygens (including phenoxy) is 1. The van der Waals surface area contributed by atoms with Crippen LogP contribution in [0.5, 0.6) is 5.75 Å². The molecule has 3 aromatic rings. The van der Waals surface area contributed by atoms with Crippen molar-refractivity contribution in [1.82, 2.24) is 0 Å². The van der Waals surface area contributed by atoms with E-state index in [9.17, 15) is 30.4 Å². The zero-order chi connectivity index (χ0) is 30.5. The van der Waals surface area contributed by atoms with Crippen molar-refractivity contribution >= 4 is 37.2 Å². The third-order valence-electron chi connectivity index (χ3n) is 8.26. The van der Waals surface area contributed by atoms with Crippen LogP contribution < -0.4 is 4.18 Å². The molecule has 0 radical (unpaired) electrons. The summed E-state index contributed by atoms with van der Waals surface area (Å²) in [6, 6.07) is 25.0. The first-order valence-electron chi connectivity index (χ1n) is 13.8. The number of benzene rings is 3. The van der Waals surface area contributed by atoms with Crippen molar-refractivity contribution in [2.75, 3.05) is 0 Å². The molecule has 4 bridgehead atoms. The van der Waals surface area contributed by atoms with E-state index in [-0.39, 0.29) is 23.5 Å². The normalized spacial score (nSPS) is 25.0. The summed E-state index contributed by atoms with van der Waals surface area (Å²) in [4.78, 5) is 15.3. The second-order valence-electron chi connectivity index (χ2n) is 11.5. The van der Waals surface area contributed by atoms with Gasteiger partial charge in [-0.1, -0.05) is 36.4 Å². The fourth-order valence-corrected chi connectivity index (χ4v) is 11.1. The second-order valence-corrected chi connectivity index (χ2v) is 16.6. The number of halogens is 2. The van der Waals surface area contributed by atoms with Crippen LogP contribution in [0.3, 0.4) is 0 Å². The summed E-state index contributed by atoms with van der Waals surface area (Å²) in [5.74, 6) is -1.93. The Morgan fingerprint density at radius 3 is 1.65 bits per heavy atom. The van der Waals surface area contributed by atoms with Crippen molar-refractivity contribution in [3.8, 4) is 5.75 Å². The van der Waals surface area contributed by atoms with Crippen LogP contribution in [0, 0.1) is 17.8 Å². The Morgan fingerprint density at radius 1 is 0.744 bits per heavy atom. The molecule has 0 saturated heterocycles. The van der Waals surface area contributed by atoms with E-state index in [1.54, 1.807) is 12.1 Å². The van der Waals surface area contributed by atoms with Crippen molar-refractivity contribution in [2.45, 2.75) is 64.1 Å². The number of carbonyl (C=O) groups is 1. The molecule has 3 aromatic carbocycles. The molecule has 4 aliphatic carbocycles. The van der Waals surface area contributed by atoms with Crippen molar-refractivity contribution < 1.29 is 39.3 Å². The van der Waals surface area contributed by atoms with Crippen LogP contribution in [-0.4, -0.2) is 33.7 Å². The summed E-state index contributed by atoms with van der Waals surface area (Å²) in [5, 5.41) is -5.21. The largest absolute Gasteiger partial charge is 0.454 e. The minimum atomic E-state index is -6.21. The first-order chi connectivity index (χ1) is 20.3. The highest BCUT2D eigenvalue weighted by molar-refractivity contribution is 8.11. The lowest BCUT2D eigenvalue weighted by Gasteiger charge is -2.55. The van der Waals surface area contributed by atoms with Crippen LogP contribution >= 0.6 is 0 Å². The molecule has 0 heterocycles. The van der Waals surface area contributed by atoms with Crippen LogP contribution in [0.4, 0.5) is 8.78 Å². The molecule has 13 heteroatoms. The molecule has 0 N–H and O–H groups in total. The molecule has 4 fully saturated rings. The van der Waals surface area contributed by atoms with Gasteiger partial charge < -0.3 is 13.0 Å². The number of alkyl halides is 2. The lowest BCUT2D eigenvalue weighted by atomic mass is 9.54. The maximum Gasteiger partial charge on any atom is 0.424 e. The topological polar surface area (TPSA) is 118 Å². The SMILES string of the molecule is O=C(OC12CC3CC(CC(C3)C1)C2)C(F)(F)S(=O)(=O)[N-]S(=O)(=O)Oc1ccc([S+](c2ccccc2)c2ccccc2)cc1. The molecule has 0 aromatic heterocycles.